The summed E-state index contributed by atoms with van der Waals surface area (Å²) in [7, 11) is 0. The summed E-state index contributed by atoms with van der Waals surface area (Å²) in [5.41, 5.74) is 0.381. The van der Waals surface area contributed by atoms with Gasteiger partial charge in [0.05, 0.1) is 12.3 Å². The highest BCUT2D eigenvalue weighted by Crippen LogP contribution is 2.25. The highest BCUT2D eigenvalue weighted by atomic mass is 16.7. The lowest BCUT2D eigenvalue weighted by Crippen LogP contribution is -2.60. The van der Waals surface area contributed by atoms with Gasteiger partial charge < -0.3 is 29.9 Å². The molecule has 4 N–H and O–H groups in total. The van der Waals surface area contributed by atoms with Gasteiger partial charge in [0, 0.05) is 0 Å². The maximum Gasteiger partial charge on any atom is 0.240 e. The Balaban J connectivity index is 2.08. The molecule has 8 heteroatoms. The Morgan fingerprint density at radius 3 is 2.38 bits per heavy atom. The summed E-state index contributed by atoms with van der Waals surface area (Å²) in [5, 5.41) is 38.1. The summed E-state index contributed by atoms with van der Waals surface area (Å²) >= 11 is 0. The zero-order valence-corrected chi connectivity index (χ0v) is 10.9. The third-order valence-corrected chi connectivity index (χ3v) is 3.11. The Kier molecular flexibility index (Phi) is 5.03. The lowest BCUT2D eigenvalue weighted by Gasteiger charge is -2.39. The van der Waals surface area contributed by atoms with Crippen molar-refractivity contribution in [3.8, 4) is 5.75 Å². The van der Waals surface area contributed by atoms with Crippen LogP contribution in [-0.4, -0.2) is 63.8 Å². The molecule has 0 aliphatic carbocycles. The largest absolute Gasteiger partial charge is 0.462 e. The van der Waals surface area contributed by atoms with Gasteiger partial charge in [-0.2, -0.15) is 4.99 Å². The van der Waals surface area contributed by atoms with Crippen LogP contribution in [0.5, 0.6) is 5.75 Å². The van der Waals surface area contributed by atoms with Crippen molar-refractivity contribution in [1.82, 2.24) is 0 Å². The lowest BCUT2D eigenvalue weighted by atomic mass is 9.99. The molecule has 0 aromatic heterocycles. The van der Waals surface area contributed by atoms with Gasteiger partial charge in [0.1, 0.15) is 30.2 Å². The van der Waals surface area contributed by atoms with E-state index in [0.717, 1.165) is 0 Å². The average molecular weight is 297 g/mol. The van der Waals surface area contributed by atoms with Crippen LogP contribution in [0.3, 0.4) is 0 Å². The van der Waals surface area contributed by atoms with Gasteiger partial charge in [-0.3, -0.25) is 0 Å². The number of benzene rings is 1. The van der Waals surface area contributed by atoms with Gasteiger partial charge in [-0.25, -0.2) is 4.79 Å². The Hall–Kier alpha value is -1.80. The topological polar surface area (TPSA) is 129 Å². The highest BCUT2D eigenvalue weighted by Gasteiger charge is 2.44. The van der Waals surface area contributed by atoms with Crippen molar-refractivity contribution in [2.45, 2.75) is 30.7 Å². The van der Waals surface area contributed by atoms with Crippen molar-refractivity contribution in [2.75, 3.05) is 6.61 Å². The second-order valence-electron chi connectivity index (χ2n) is 4.51. The first kappa shape index (κ1) is 15.6. The minimum Gasteiger partial charge on any atom is -0.462 e. The molecule has 0 spiro atoms. The molecule has 114 valence electrons. The van der Waals surface area contributed by atoms with Crippen LogP contribution in [0.2, 0.25) is 0 Å². The van der Waals surface area contributed by atoms with E-state index in [0.29, 0.717) is 11.4 Å². The van der Waals surface area contributed by atoms with Crippen LogP contribution in [-0.2, 0) is 9.53 Å². The van der Waals surface area contributed by atoms with Gasteiger partial charge in [0.15, 0.2) is 0 Å². The maximum absolute atomic E-state index is 10.1. The van der Waals surface area contributed by atoms with E-state index >= 15 is 0 Å². The molecule has 21 heavy (non-hydrogen) atoms. The normalized spacial score (nSPS) is 32.3. The minimum absolute atomic E-state index is 0.296. The molecule has 1 aliphatic rings. The van der Waals surface area contributed by atoms with E-state index < -0.39 is 37.3 Å². The fraction of sp³-hybridized carbons (Fsp3) is 0.462. The van der Waals surface area contributed by atoms with Gasteiger partial charge in [-0.15, -0.1) is 0 Å². The van der Waals surface area contributed by atoms with Gasteiger partial charge in [-0.1, -0.05) is 0 Å². The Labute approximate surface area is 119 Å². The van der Waals surface area contributed by atoms with Crippen LogP contribution in [0.15, 0.2) is 29.3 Å². The molecule has 1 fully saturated rings. The molecule has 1 saturated heterocycles. The first-order chi connectivity index (χ1) is 10.1. The summed E-state index contributed by atoms with van der Waals surface area (Å²) in [6.45, 7) is -0.530. The van der Waals surface area contributed by atoms with Crippen LogP contribution in [0, 0.1) is 0 Å². The molecule has 0 bridgehead atoms. The summed E-state index contributed by atoms with van der Waals surface area (Å²) in [6, 6.07) is 5.95. The number of nitrogens with zero attached hydrogens (tertiary/aromatic N) is 1. The van der Waals surface area contributed by atoms with Crippen LogP contribution in [0.4, 0.5) is 5.69 Å². The minimum atomic E-state index is -1.50. The molecule has 5 atom stereocenters. The van der Waals surface area contributed by atoms with E-state index in [1.54, 1.807) is 0 Å². The molecule has 2 rings (SSSR count). The van der Waals surface area contributed by atoms with Crippen molar-refractivity contribution in [3.63, 3.8) is 0 Å². The predicted molar refractivity (Wildman–Crippen MR) is 68.6 cm³/mol. The van der Waals surface area contributed by atoms with Crippen LogP contribution < -0.4 is 4.74 Å². The van der Waals surface area contributed by atoms with E-state index in [4.69, 9.17) is 14.6 Å². The number of hydrogen-bond donors (Lipinski definition) is 4. The van der Waals surface area contributed by atoms with Crippen LogP contribution in [0.1, 0.15) is 0 Å². The summed E-state index contributed by atoms with van der Waals surface area (Å²) in [6.07, 6.45) is -5.30. The van der Waals surface area contributed by atoms with Crippen molar-refractivity contribution >= 4 is 11.8 Å². The summed E-state index contributed by atoms with van der Waals surface area (Å²) in [5.74, 6) is 0.296. The van der Waals surface area contributed by atoms with Crippen LogP contribution >= 0.6 is 0 Å². The van der Waals surface area contributed by atoms with E-state index in [-0.39, 0.29) is 0 Å². The van der Waals surface area contributed by atoms with Crippen molar-refractivity contribution in [3.05, 3.63) is 24.3 Å². The maximum atomic E-state index is 10.1. The molecule has 1 aliphatic heterocycles. The number of hydrogen-bond acceptors (Lipinski definition) is 8. The number of isocyanates is 1. The molecule has 1 heterocycles. The second kappa shape index (κ2) is 6.77. The van der Waals surface area contributed by atoms with Crippen molar-refractivity contribution in [2.24, 2.45) is 4.99 Å². The number of aliphatic hydroxyl groups is 4. The van der Waals surface area contributed by atoms with Gasteiger partial charge in [0.2, 0.25) is 12.4 Å². The van der Waals surface area contributed by atoms with E-state index in [1.165, 1.54) is 30.3 Å². The van der Waals surface area contributed by atoms with Gasteiger partial charge in [-0.05, 0) is 24.3 Å². The quantitative estimate of drug-likeness (QED) is 0.407. The number of rotatable bonds is 4. The molecule has 1 aromatic rings. The zero-order valence-electron chi connectivity index (χ0n) is 10.9. The van der Waals surface area contributed by atoms with Gasteiger partial charge >= 0.3 is 0 Å². The fourth-order valence-electron chi connectivity index (χ4n) is 1.95. The molecule has 0 radical (unpaired) electrons. The van der Waals surface area contributed by atoms with Gasteiger partial charge in [0.25, 0.3) is 0 Å². The summed E-state index contributed by atoms with van der Waals surface area (Å²) < 4.78 is 10.6. The molecule has 0 amide bonds. The summed E-state index contributed by atoms with van der Waals surface area (Å²) in [4.78, 5) is 13.5. The zero-order chi connectivity index (χ0) is 15.4. The molecule has 0 saturated carbocycles. The molecule has 8 nitrogen and oxygen atoms in total. The van der Waals surface area contributed by atoms with Crippen molar-refractivity contribution in [1.29, 1.82) is 0 Å². The molecule has 1 aromatic carbocycles. The van der Waals surface area contributed by atoms with Crippen LogP contribution in [0.25, 0.3) is 0 Å². The van der Waals surface area contributed by atoms with E-state index in [1.807, 2.05) is 0 Å². The van der Waals surface area contributed by atoms with E-state index in [9.17, 15) is 20.1 Å². The lowest BCUT2D eigenvalue weighted by molar-refractivity contribution is -0.277. The Bertz CT molecular complexity index is 512. The number of ether oxygens (including phenoxy) is 2. The number of aliphatic imine (C=N–C) groups is 1. The molecule has 5 unspecified atom stereocenters. The van der Waals surface area contributed by atoms with E-state index in [2.05, 4.69) is 4.99 Å². The fourth-order valence-corrected chi connectivity index (χ4v) is 1.95. The second-order valence-corrected chi connectivity index (χ2v) is 4.51. The number of carbonyl (C=O) groups excluding carboxylic acids is 1. The average Bonchev–Trinajstić information content (AvgIpc) is 2.50. The monoisotopic (exact) mass is 297 g/mol. The number of aliphatic hydroxyl groups excluding tert-OH is 4. The Morgan fingerprint density at radius 1 is 1.14 bits per heavy atom. The first-order valence-corrected chi connectivity index (χ1v) is 6.22. The standard InChI is InChI=1S/C13H15NO7/c15-5-9-10(17)11(18)12(19)13(21-9)20-8-3-1-7(2-4-8)14-6-16/h1-4,9-13,15,17-19H,5H2. The SMILES string of the molecule is O=C=Nc1ccc(OC2OC(CO)C(O)C(O)C2O)cc1. The predicted octanol–water partition coefficient (Wildman–Crippen LogP) is -1.17. The third kappa shape index (κ3) is 3.45. The first-order valence-electron chi connectivity index (χ1n) is 6.22. The highest BCUT2D eigenvalue weighted by molar-refractivity contribution is 5.50. The third-order valence-electron chi connectivity index (χ3n) is 3.11. The molecular formula is C13H15NO7. The Morgan fingerprint density at radius 2 is 1.81 bits per heavy atom. The van der Waals surface area contributed by atoms with Crippen molar-refractivity contribution < 1.29 is 34.7 Å². The molecular weight excluding hydrogens is 282 g/mol. The smallest absolute Gasteiger partial charge is 0.240 e.